The standard InChI is InChI=1S/C19H36O/c1-3-4-5-6-7-8-9-10-11-12-13-14-15-16-17-18-19-20-2/h16-19H,3-15H2,1-2H3. The van der Waals surface area contributed by atoms with Gasteiger partial charge < -0.3 is 4.74 Å². The van der Waals surface area contributed by atoms with Gasteiger partial charge in [-0.1, -0.05) is 89.7 Å². The van der Waals surface area contributed by atoms with Gasteiger partial charge in [0.1, 0.15) is 0 Å². The highest BCUT2D eigenvalue weighted by Crippen LogP contribution is 2.12. The van der Waals surface area contributed by atoms with Crippen molar-refractivity contribution in [2.45, 2.75) is 90.4 Å². The zero-order valence-corrected chi connectivity index (χ0v) is 13.9. The first-order valence-corrected chi connectivity index (χ1v) is 8.76. The molecule has 0 atom stereocenters. The molecule has 0 aliphatic heterocycles. The number of methoxy groups -OCH3 is 1. The second-order valence-electron chi connectivity index (χ2n) is 5.67. The van der Waals surface area contributed by atoms with E-state index in [0.29, 0.717) is 0 Å². The van der Waals surface area contributed by atoms with E-state index in [9.17, 15) is 0 Å². The van der Waals surface area contributed by atoms with E-state index >= 15 is 0 Å². The first-order valence-electron chi connectivity index (χ1n) is 8.76. The van der Waals surface area contributed by atoms with Gasteiger partial charge in [0.15, 0.2) is 0 Å². The molecule has 0 amide bonds. The molecular weight excluding hydrogens is 244 g/mol. The Morgan fingerprint density at radius 3 is 1.65 bits per heavy atom. The molecule has 0 unspecified atom stereocenters. The second kappa shape index (κ2) is 18.3. The molecule has 0 rings (SSSR count). The molecule has 0 saturated carbocycles. The van der Waals surface area contributed by atoms with Gasteiger partial charge in [-0.2, -0.15) is 0 Å². The summed E-state index contributed by atoms with van der Waals surface area (Å²) in [6, 6.07) is 0. The zero-order valence-electron chi connectivity index (χ0n) is 13.9. The Morgan fingerprint density at radius 2 is 1.15 bits per heavy atom. The number of allylic oxidation sites excluding steroid dienone is 3. The normalized spacial score (nSPS) is 11.7. The molecule has 118 valence electrons. The second-order valence-corrected chi connectivity index (χ2v) is 5.67. The highest BCUT2D eigenvalue weighted by molar-refractivity contribution is 4.99. The number of rotatable bonds is 15. The van der Waals surface area contributed by atoms with Gasteiger partial charge in [0.2, 0.25) is 0 Å². The summed E-state index contributed by atoms with van der Waals surface area (Å²) < 4.78 is 4.83. The summed E-state index contributed by atoms with van der Waals surface area (Å²) in [5.74, 6) is 0. The van der Waals surface area contributed by atoms with E-state index in [1.807, 2.05) is 6.08 Å². The van der Waals surface area contributed by atoms with E-state index in [1.165, 1.54) is 83.5 Å². The van der Waals surface area contributed by atoms with Gasteiger partial charge in [-0.05, 0) is 18.9 Å². The Hall–Kier alpha value is -0.720. The van der Waals surface area contributed by atoms with Gasteiger partial charge in [-0.3, -0.25) is 0 Å². The van der Waals surface area contributed by atoms with Crippen LogP contribution in [0, 0.1) is 0 Å². The number of ether oxygens (including phenoxy) is 1. The van der Waals surface area contributed by atoms with Crippen LogP contribution in [0.5, 0.6) is 0 Å². The van der Waals surface area contributed by atoms with Gasteiger partial charge in [0.25, 0.3) is 0 Å². The molecule has 1 heteroatoms. The van der Waals surface area contributed by atoms with E-state index in [4.69, 9.17) is 4.74 Å². The molecule has 0 fully saturated rings. The van der Waals surface area contributed by atoms with Crippen LogP contribution in [0.3, 0.4) is 0 Å². The molecule has 0 radical (unpaired) electrons. The first kappa shape index (κ1) is 19.3. The fraction of sp³-hybridized carbons (Fsp3) is 0.789. The van der Waals surface area contributed by atoms with Crippen LogP contribution in [-0.4, -0.2) is 7.11 Å². The van der Waals surface area contributed by atoms with Crippen LogP contribution in [0.2, 0.25) is 0 Å². The Bertz CT molecular complexity index is 218. The van der Waals surface area contributed by atoms with Crippen molar-refractivity contribution < 1.29 is 4.74 Å². The molecule has 0 bridgehead atoms. The van der Waals surface area contributed by atoms with Gasteiger partial charge in [0.05, 0.1) is 13.4 Å². The highest BCUT2D eigenvalue weighted by atomic mass is 16.5. The maximum Gasteiger partial charge on any atom is 0.0824 e. The van der Waals surface area contributed by atoms with Crippen molar-refractivity contribution in [2.75, 3.05) is 7.11 Å². The minimum atomic E-state index is 1.20. The van der Waals surface area contributed by atoms with Gasteiger partial charge in [-0.25, -0.2) is 0 Å². The van der Waals surface area contributed by atoms with Crippen LogP contribution in [0.15, 0.2) is 24.5 Å². The maximum absolute atomic E-state index is 4.83. The molecule has 0 heterocycles. The SMILES string of the molecule is CCCCCCCCCCCCCCC=CC=COC. The fourth-order valence-corrected chi connectivity index (χ4v) is 2.40. The zero-order chi connectivity index (χ0) is 14.7. The lowest BCUT2D eigenvalue weighted by atomic mass is 10.0. The van der Waals surface area contributed by atoms with E-state index in [0.717, 1.165) is 0 Å². The van der Waals surface area contributed by atoms with Crippen LogP contribution >= 0.6 is 0 Å². The van der Waals surface area contributed by atoms with E-state index in [-0.39, 0.29) is 0 Å². The molecule has 0 aliphatic rings. The Kier molecular flexibility index (Phi) is 17.6. The highest BCUT2D eigenvalue weighted by Gasteiger charge is 1.92. The minimum Gasteiger partial charge on any atom is -0.504 e. The van der Waals surface area contributed by atoms with Gasteiger partial charge in [0, 0.05) is 0 Å². The summed E-state index contributed by atoms with van der Waals surface area (Å²) >= 11 is 0. The largest absolute Gasteiger partial charge is 0.504 e. The average molecular weight is 280 g/mol. The van der Waals surface area contributed by atoms with E-state index in [2.05, 4.69) is 19.1 Å². The van der Waals surface area contributed by atoms with Crippen molar-refractivity contribution in [2.24, 2.45) is 0 Å². The smallest absolute Gasteiger partial charge is 0.0824 e. The summed E-state index contributed by atoms with van der Waals surface area (Å²) in [6.45, 7) is 2.28. The van der Waals surface area contributed by atoms with Crippen molar-refractivity contribution in [3.63, 3.8) is 0 Å². The van der Waals surface area contributed by atoms with Gasteiger partial charge >= 0.3 is 0 Å². The van der Waals surface area contributed by atoms with Crippen molar-refractivity contribution >= 4 is 0 Å². The monoisotopic (exact) mass is 280 g/mol. The molecule has 0 aromatic carbocycles. The van der Waals surface area contributed by atoms with Gasteiger partial charge in [-0.15, -0.1) is 0 Å². The maximum atomic E-state index is 4.83. The quantitative estimate of drug-likeness (QED) is 0.182. The van der Waals surface area contributed by atoms with Crippen LogP contribution in [0.4, 0.5) is 0 Å². The predicted octanol–water partition coefficient (Wildman–Crippen LogP) is 6.79. The molecule has 0 aromatic heterocycles. The third kappa shape index (κ3) is 17.3. The van der Waals surface area contributed by atoms with Crippen molar-refractivity contribution in [1.82, 2.24) is 0 Å². The Morgan fingerprint density at radius 1 is 0.650 bits per heavy atom. The van der Waals surface area contributed by atoms with Crippen LogP contribution in [-0.2, 0) is 4.74 Å². The molecule has 20 heavy (non-hydrogen) atoms. The Balaban J connectivity index is 3.02. The first-order chi connectivity index (χ1) is 9.91. The summed E-state index contributed by atoms with van der Waals surface area (Å²) in [6.07, 6.45) is 26.2. The van der Waals surface area contributed by atoms with Crippen molar-refractivity contribution in [1.29, 1.82) is 0 Å². The number of unbranched alkanes of at least 4 members (excludes halogenated alkanes) is 12. The molecule has 0 aliphatic carbocycles. The van der Waals surface area contributed by atoms with Crippen molar-refractivity contribution in [3.8, 4) is 0 Å². The molecule has 0 spiro atoms. The Labute approximate surface area is 127 Å². The molecule has 0 aromatic rings. The number of hydrogen-bond acceptors (Lipinski definition) is 1. The summed E-state index contributed by atoms with van der Waals surface area (Å²) in [4.78, 5) is 0. The molecule has 0 saturated heterocycles. The lowest BCUT2D eigenvalue weighted by molar-refractivity contribution is 0.338. The average Bonchev–Trinajstić information content (AvgIpc) is 2.47. The third-order valence-corrected chi connectivity index (χ3v) is 3.69. The van der Waals surface area contributed by atoms with Crippen LogP contribution < -0.4 is 0 Å². The topological polar surface area (TPSA) is 9.23 Å². The van der Waals surface area contributed by atoms with E-state index in [1.54, 1.807) is 13.4 Å². The lowest BCUT2D eigenvalue weighted by Crippen LogP contribution is -1.82. The van der Waals surface area contributed by atoms with E-state index < -0.39 is 0 Å². The summed E-state index contributed by atoms with van der Waals surface area (Å²) in [7, 11) is 1.68. The van der Waals surface area contributed by atoms with Crippen LogP contribution in [0.1, 0.15) is 90.4 Å². The van der Waals surface area contributed by atoms with Crippen LogP contribution in [0.25, 0.3) is 0 Å². The predicted molar refractivity (Wildman–Crippen MR) is 91.0 cm³/mol. The third-order valence-electron chi connectivity index (χ3n) is 3.69. The van der Waals surface area contributed by atoms with Crippen molar-refractivity contribution in [3.05, 3.63) is 24.5 Å². The molecule has 1 nitrogen and oxygen atoms in total. The fourth-order valence-electron chi connectivity index (χ4n) is 2.40. The minimum absolute atomic E-state index is 1.20. The summed E-state index contributed by atoms with van der Waals surface area (Å²) in [5.41, 5.74) is 0. The number of hydrogen-bond donors (Lipinski definition) is 0. The molecule has 0 N–H and O–H groups in total. The lowest BCUT2D eigenvalue weighted by Gasteiger charge is -2.02. The molecular formula is C19H36O. The summed E-state index contributed by atoms with van der Waals surface area (Å²) in [5, 5.41) is 0.